The molecule has 1 aromatic carbocycles. The van der Waals surface area contributed by atoms with Gasteiger partial charge in [0, 0.05) is 12.6 Å². The summed E-state index contributed by atoms with van der Waals surface area (Å²) >= 11 is 1.59. The van der Waals surface area contributed by atoms with Crippen LogP contribution < -0.4 is 5.43 Å². The van der Waals surface area contributed by atoms with Crippen LogP contribution in [0.25, 0.3) is 0 Å². The van der Waals surface area contributed by atoms with E-state index >= 15 is 0 Å². The zero-order valence-electron chi connectivity index (χ0n) is 11.1. The lowest BCUT2D eigenvalue weighted by molar-refractivity contribution is 0.904. The van der Waals surface area contributed by atoms with Gasteiger partial charge in [-0.3, -0.25) is 5.41 Å². The van der Waals surface area contributed by atoms with E-state index < -0.39 is 0 Å². The Morgan fingerprint density at radius 2 is 2.00 bits per heavy atom. The van der Waals surface area contributed by atoms with Crippen LogP contribution in [0.3, 0.4) is 0 Å². The van der Waals surface area contributed by atoms with Crippen LogP contribution in [0.5, 0.6) is 0 Å². The van der Waals surface area contributed by atoms with E-state index in [-0.39, 0.29) is 0 Å². The molecule has 0 aliphatic carbocycles. The number of hydrogen-bond acceptors (Lipinski definition) is 4. The first-order chi connectivity index (χ1) is 9.26. The summed E-state index contributed by atoms with van der Waals surface area (Å²) in [6.45, 7) is 2.12. The lowest BCUT2D eigenvalue weighted by atomic mass is 10.0. The molecule has 4 heteroatoms. The highest BCUT2D eigenvalue weighted by molar-refractivity contribution is 7.13. The van der Waals surface area contributed by atoms with Gasteiger partial charge in [-0.15, -0.1) is 11.3 Å². The number of hydrogen-bond donors (Lipinski definition) is 2. The Bertz CT molecular complexity index is 568. The maximum absolute atomic E-state index is 8.33. The molecule has 1 aromatic heterocycles. The quantitative estimate of drug-likeness (QED) is 0.636. The second-order valence-corrected chi connectivity index (χ2v) is 5.03. The molecule has 0 radical (unpaired) electrons. The van der Waals surface area contributed by atoms with Crippen molar-refractivity contribution >= 4 is 22.8 Å². The number of nitrogens with one attached hydrogen (secondary N) is 2. The van der Waals surface area contributed by atoms with Gasteiger partial charge in [-0.1, -0.05) is 37.3 Å². The first-order valence-corrected chi connectivity index (χ1v) is 7.10. The molecule has 0 aliphatic rings. The van der Waals surface area contributed by atoms with Crippen LogP contribution in [-0.2, 0) is 6.42 Å². The molecule has 0 saturated carbocycles. The fourth-order valence-electron chi connectivity index (χ4n) is 1.80. The molecule has 0 atom stereocenters. The van der Waals surface area contributed by atoms with Crippen molar-refractivity contribution in [2.75, 3.05) is 7.05 Å². The number of nitrogens with zero attached hydrogens (tertiary/aromatic N) is 1. The predicted octanol–water partition coefficient (Wildman–Crippen LogP) is 3.30. The van der Waals surface area contributed by atoms with Crippen LogP contribution in [0.1, 0.15) is 22.9 Å². The number of hydrazone groups is 1. The van der Waals surface area contributed by atoms with Crippen molar-refractivity contribution in [3.63, 3.8) is 0 Å². The summed E-state index contributed by atoms with van der Waals surface area (Å²) in [4.78, 5) is 0.999. The minimum absolute atomic E-state index is 0.444. The van der Waals surface area contributed by atoms with Gasteiger partial charge in [0.2, 0.25) is 0 Å². The van der Waals surface area contributed by atoms with E-state index in [0.717, 1.165) is 16.9 Å². The summed E-state index contributed by atoms with van der Waals surface area (Å²) < 4.78 is 0. The van der Waals surface area contributed by atoms with Gasteiger partial charge in [-0.25, -0.2) is 0 Å². The second-order valence-electron chi connectivity index (χ2n) is 4.09. The summed E-state index contributed by atoms with van der Waals surface area (Å²) in [5, 5.41) is 14.6. The molecule has 2 rings (SSSR count). The van der Waals surface area contributed by atoms with Gasteiger partial charge in [0.25, 0.3) is 0 Å². The molecule has 2 N–H and O–H groups in total. The van der Waals surface area contributed by atoms with Crippen molar-refractivity contribution in [1.29, 1.82) is 5.41 Å². The lowest BCUT2D eigenvalue weighted by Gasteiger charge is -2.07. The Morgan fingerprint density at radius 1 is 1.26 bits per heavy atom. The summed E-state index contributed by atoms with van der Waals surface area (Å²) in [5.74, 6) is 0. The highest BCUT2D eigenvalue weighted by Gasteiger charge is 2.13. The number of benzene rings is 1. The van der Waals surface area contributed by atoms with Gasteiger partial charge in [0.15, 0.2) is 0 Å². The third-order valence-corrected chi connectivity index (χ3v) is 3.74. The van der Waals surface area contributed by atoms with Crippen LogP contribution in [0.4, 0.5) is 0 Å². The van der Waals surface area contributed by atoms with Gasteiger partial charge in [0.05, 0.1) is 10.6 Å². The molecule has 0 bridgehead atoms. The Labute approximate surface area is 117 Å². The minimum Gasteiger partial charge on any atom is -0.312 e. The fraction of sp³-hybridized carbons (Fsp3) is 0.200. The Hall–Kier alpha value is -1.94. The first-order valence-electron chi connectivity index (χ1n) is 6.22. The van der Waals surface area contributed by atoms with Gasteiger partial charge >= 0.3 is 0 Å². The summed E-state index contributed by atoms with van der Waals surface area (Å²) in [7, 11) is 1.75. The van der Waals surface area contributed by atoms with Gasteiger partial charge < -0.3 is 5.43 Å². The van der Waals surface area contributed by atoms with E-state index in [0.29, 0.717) is 11.4 Å². The Morgan fingerprint density at radius 3 is 2.53 bits per heavy atom. The predicted molar refractivity (Wildman–Crippen MR) is 82.6 cm³/mol. The molecular formula is C15H17N3S. The normalized spacial score (nSPS) is 11.4. The third-order valence-electron chi connectivity index (χ3n) is 2.87. The van der Waals surface area contributed by atoms with Crippen molar-refractivity contribution in [1.82, 2.24) is 5.43 Å². The first kappa shape index (κ1) is 13.5. The largest absolute Gasteiger partial charge is 0.312 e. The summed E-state index contributed by atoms with van der Waals surface area (Å²) in [6, 6.07) is 12.1. The Kier molecular flexibility index (Phi) is 4.47. The maximum Gasteiger partial charge on any atom is 0.126 e. The average molecular weight is 271 g/mol. The standard InChI is InChI=1S/C15H17N3S/c1-3-11-6-8-12(9-7-11)14(16)15(18-17-2)13-5-4-10-19-13/h4-10,16-17H,3H2,1-2H3/b16-14?,18-15-. The highest BCUT2D eigenvalue weighted by Crippen LogP contribution is 2.14. The average Bonchev–Trinajstić information content (AvgIpc) is 2.98. The van der Waals surface area contributed by atoms with E-state index in [4.69, 9.17) is 5.41 Å². The van der Waals surface area contributed by atoms with Crippen molar-refractivity contribution in [2.45, 2.75) is 13.3 Å². The Balaban J connectivity index is 2.32. The van der Waals surface area contributed by atoms with Gasteiger partial charge in [-0.05, 0) is 23.4 Å². The van der Waals surface area contributed by atoms with E-state index in [1.807, 2.05) is 29.6 Å². The van der Waals surface area contributed by atoms with Crippen LogP contribution in [0, 0.1) is 5.41 Å². The molecule has 1 heterocycles. The topological polar surface area (TPSA) is 48.2 Å². The molecule has 0 unspecified atom stereocenters. The highest BCUT2D eigenvalue weighted by atomic mass is 32.1. The van der Waals surface area contributed by atoms with Crippen molar-refractivity contribution in [3.8, 4) is 0 Å². The van der Waals surface area contributed by atoms with Crippen LogP contribution in [0.2, 0.25) is 0 Å². The minimum atomic E-state index is 0.444. The lowest BCUT2D eigenvalue weighted by Crippen LogP contribution is -2.18. The molecule has 19 heavy (non-hydrogen) atoms. The molecule has 0 fully saturated rings. The number of thiophene rings is 1. The maximum atomic E-state index is 8.33. The van der Waals surface area contributed by atoms with E-state index in [1.165, 1.54) is 5.56 Å². The second kappa shape index (κ2) is 6.29. The fourth-order valence-corrected chi connectivity index (χ4v) is 2.52. The number of rotatable bonds is 5. The van der Waals surface area contributed by atoms with E-state index in [1.54, 1.807) is 18.4 Å². The molecule has 0 aliphatic heterocycles. The number of aryl methyl sites for hydroxylation is 1. The smallest absolute Gasteiger partial charge is 0.126 e. The zero-order chi connectivity index (χ0) is 13.7. The zero-order valence-corrected chi connectivity index (χ0v) is 11.9. The molecule has 98 valence electrons. The molecule has 0 spiro atoms. The van der Waals surface area contributed by atoms with Crippen molar-refractivity contribution < 1.29 is 0 Å². The van der Waals surface area contributed by atoms with E-state index in [2.05, 4.69) is 29.6 Å². The summed E-state index contributed by atoms with van der Waals surface area (Å²) in [5.41, 5.74) is 6.08. The van der Waals surface area contributed by atoms with E-state index in [9.17, 15) is 0 Å². The molecule has 0 amide bonds. The van der Waals surface area contributed by atoms with Gasteiger partial charge in [-0.2, -0.15) is 5.10 Å². The SMILES string of the molecule is CCc1ccc(C(=N)/C(=N\NC)c2cccs2)cc1. The molecule has 0 saturated heterocycles. The van der Waals surface area contributed by atoms with Crippen LogP contribution in [0.15, 0.2) is 46.9 Å². The van der Waals surface area contributed by atoms with Crippen molar-refractivity contribution in [2.24, 2.45) is 5.10 Å². The summed E-state index contributed by atoms with van der Waals surface area (Å²) in [6.07, 6.45) is 1.01. The van der Waals surface area contributed by atoms with Gasteiger partial charge in [0.1, 0.15) is 5.71 Å². The molecule has 3 nitrogen and oxygen atoms in total. The molecule has 2 aromatic rings. The van der Waals surface area contributed by atoms with Crippen LogP contribution >= 0.6 is 11.3 Å². The molecular weight excluding hydrogens is 254 g/mol. The van der Waals surface area contributed by atoms with Crippen molar-refractivity contribution in [3.05, 3.63) is 57.8 Å². The third kappa shape index (κ3) is 3.09. The monoisotopic (exact) mass is 271 g/mol. The van der Waals surface area contributed by atoms with Crippen LogP contribution in [-0.4, -0.2) is 18.5 Å².